The minimum atomic E-state index is -0.182. The minimum Gasteiger partial charge on any atom is -0.493 e. The van der Waals surface area contributed by atoms with E-state index < -0.39 is 0 Å². The molecule has 0 unspecified atom stereocenters. The zero-order valence-electron chi connectivity index (χ0n) is 16.2. The van der Waals surface area contributed by atoms with Crippen molar-refractivity contribution in [2.75, 3.05) is 12.4 Å². The monoisotopic (exact) mass is 407 g/mol. The fourth-order valence-electron chi connectivity index (χ4n) is 2.67. The molecule has 0 fully saturated rings. The van der Waals surface area contributed by atoms with Crippen LogP contribution in [-0.2, 0) is 11.4 Å². The van der Waals surface area contributed by atoms with Crippen molar-refractivity contribution in [2.24, 2.45) is 0 Å². The SMILES string of the molecule is COc1cc(/C=C/C(=O)c2cccc(NC(C)=O)c2)ccc1OCc1cccs1. The lowest BCUT2D eigenvalue weighted by Gasteiger charge is -2.10. The van der Waals surface area contributed by atoms with Gasteiger partial charge in [-0.2, -0.15) is 0 Å². The van der Waals surface area contributed by atoms with Crippen LogP contribution in [0.2, 0.25) is 0 Å². The van der Waals surface area contributed by atoms with Gasteiger partial charge in [0.2, 0.25) is 5.91 Å². The number of allylic oxidation sites excluding steroid dienone is 1. The first-order chi connectivity index (χ1) is 14.0. The van der Waals surface area contributed by atoms with E-state index in [2.05, 4.69) is 5.32 Å². The van der Waals surface area contributed by atoms with Crippen molar-refractivity contribution in [3.8, 4) is 11.5 Å². The minimum absolute atomic E-state index is 0.158. The number of thiophene rings is 1. The Labute approximate surface area is 173 Å². The Hall–Kier alpha value is -3.38. The number of ether oxygens (including phenoxy) is 2. The van der Waals surface area contributed by atoms with Crippen LogP contribution >= 0.6 is 11.3 Å². The molecule has 3 rings (SSSR count). The third kappa shape index (κ3) is 5.80. The molecule has 0 saturated carbocycles. The molecule has 0 aliphatic rings. The average Bonchev–Trinajstić information content (AvgIpc) is 3.24. The van der Waals surface area contributed by atoms with Gasteiger partial charge in [-0.05, 0) is 47.4 Å². The fourth-order valence-corrected chi connectivity index (χ4v) is 3.29. The Bertz CT molecular complexity index is 1030. The Morgan fingerprint density at radius 1 is 1.07 bits per heavy atom. The molecule has 3 aromatic rings. The number of carbonyl (C=O) groups is 2. The van der Waals surface area contributed by atoms with Crippen molar-refractivity contribution < 1.29 is 19.1 Å². The maximum absolute atomic E-state index is 12.5. The molecule has 0 atom stereocenters. The lowest BCUT2D eigenvalue weighted by molar-refractivity contribution is -0.114. The van der Waals surface area contributed by atoms with E-state index in [0.29, 0.717) is 29.4 Å². The van der Waals surface area contributed by atoms with Crippen molar-refractivity contribution in [2.45, 2.75) is 13.5 Å². The molecule has 0 saturated heterocycles. The van der Waals surface area contributed by atoms with Crippen molar-refractivity contribution in [1.82, 2.24) is 0 Å². The largest absolute Gasteiger partial charge is 0.493 e. The number of amides is 1. The first-order valence-electron chi connectivity index (χ1n) is 8.98. The van der Waals surface area contributed by atoms with Crippen molar-refractivity contribution >= 4 is 34.8 Å². The summed E-state index contributed by atoms with van der Waals surface area (Å²) in [5.74, 6) is 0.906. The van der Waals surface area contributed by atoms with Gasteiger partial charge >= 0.3 is 0 Å². The van der Waals surface area contributed by atoms with Crippen LogP contribution in [0.5, 0.6) is 11.5 Å². The summed E-state index contributed by atoms with van der Waals surface area (Å²) in [5, 5.41) is 4.68. The topological polar surface area (TPSA) is 64.6 Å². The summed E-state index contributed by atoms with van der Waals surface area (Å²) in [7, 11) is 1.58. The van der Waals surface area contributed by atoms with E-state index >= 15 is 0 Å². The van der Waals surface area contributed by atoms with Crippen LogP contribution in [0.15, 0.2) is 66.1 Å². The summed E-state index contributed by atoms with van der Waals surface area (Å²) in [5.41, 5.74) is 1.90. The first kappa shape index (κ1) is 20.4. The summed E-state index contributed by atoms with van der Waals surface area (Å²) >= 11 is 1.63. The van der Waals surface area contributed by atoms with Crippen LogP contribution in [0.25, 0.3) is 6.08 Å². The van der Waals surface area contributed by atoms with Gasteiger partial charge in [0.25, 0.3) is 0 Å². The summed E-state index contributed by atoms with van der Waals surface area (Å²) < 4.78 is 11.2. The highest BCUT2D eigenvalue weighted by atomic mass is 32.1. The predicted molar refractivity (Wildman–Crippen MR) is 116 cm³/mol. The molecule has 1 N–H and O–H groups in total. The summed E-state index contributed by atoms with van der Waals surface area (Å²) in [6.45, 7) is 1.90. The van der Waals surface area contributed by atoms with Crippen LogP contribution in [0.3, 0.4) is 0 Å². The Balaban J connectivity index is 1.69. The number of hydrogen-bond donors (Lipinski definition) is 1. The lowest BCUT2D eigenvalue weighted by Crippen LogP contribution is -2.06. The zero-order chi connectivity index (χ0) is 20.6. The number of methoxy groups -OCH3 is 1. The molecule has 1 aromatic heterocycles. The number of anilines is 1. The Morgan fingerprint density at radius 2 is 1.93 bits per heavy atom. The second-order valence-electron chi connectivity index (χ2n) is 6.24. The van der Waals surface area contributed by atoms with Gasteiger partial charge < -0.3 is 14.8 Å². The van der Waals surface area contributed by atoms with Gasteiger partial charge in [0.1, 0.15) is 6.61 Å². The molecule has 2 aromatic carbocycles. The van der Waals surface area contributed by atoms with Gasteiger partial charge in [0.15, 0.2) is 17.3 Å². The number of hydrogen-bond acceptors (Lipinski definition) is 5. The maximum Gasteiger partial charge on any atom is 0.221 e. The number of carbonyl (C=O) groups excluding carboxylic acids is 2. The zero-order valence-corrected chi connectivity index (χ0v) is 17.0. The molecule has 0 radical (unpaired) electrons. The quantitative estimate of drug-likeness (QED) is 0.412. The van der Waals surface area contributed by atoms with Crippen LogP contribution in [0.4, 0.5) is 5.69 Å². The third-order valence-electron chi connectivity index (χ3n) is 4.03. The second-order valence-corrected chi connectivity index (χ2v) is 7.27. The van der Waals surface area contributed by atoms with Gasteiger partial charge in [-0.1, -0.05) is 30.3 Å². The molecule has 6 heteroatoms. The van der Waals surface area contributed by atoms with Gasteiger partial charge in [0.05, 0.1) is 7.11 Å². The molecular weight excluding hydrogens is 386 g/mol. The van der Waals surface area contributed by atoms with E-state index in [1.807, 2.05) is 35.7 Å². The molecule has 0 aliphatic carbocycles. The van der Waals surface area contributed by atoms with Gasteiger partial charge in [-0.25, -0.2) is 0 Å². The van der Waals surface area contributed by atoms with Gasteiger partial charge in [0, 0.05) is 23.1 Å². The molecule has 0 aliphatic heterocycles. The number of rotatable bonds is 8. The maximum atomic E-state index is 12.5. The van der Waals surface area contributed by atoms with Gasteiger partial charge in [-0.3, -0.25) is 9.59 Å². The summed E-state index contributed by atoms with van der Waals surface area (Å²) in [6, 6.07) is 16.3. The average molecular weight is 407 g/mol. The molecule has 0 bridgehead atoms. The predicted octanol–water partition coefficient (Wildman–Crippen LogP) is 5.19. The lowest BCUT2D eigenvalue weighted by atomic mass is 10.1. The summed E-state index contributed by atoms with van der Waals surface area (Å²) in [4.78, 5) is 24.8. The van der Waals surface area contributed by atoms with E-state index in [-0.39, 0.29) is 11.7 Å². The van der Waals surface area contributed by atoms with Crippen molar-refractivity contribution in [3.63, 3.8) is 0 Å². The standard InChI is InChI=1S/C23H21NO4S/c1-16(25)24-19-6-3-5-18(14-19)21(26)10-8-17-9-11-22(23(13-17)27-2)28-15-20-7-4-12-29-20/h3-14H,15H2,1-2H3,(H,24,25)/b10-8+. The van der Waals surface area contributed by atoms with E-state index in [1.54, 1.807) is 48.8 Å². The molecule has 148 valence electrons. The van der Waals surface area contributed by atoms with Gasteiger partial charge in [-0.15, -0.1) is 11.3 Å². The third-order valence-corrected chi connectivity index (χ3v) is 4.88. The summed E-state index contributed by atoms with van der Waals surface area (Å²) in [6.07, 6.45) is 3.22. The number of nitrogens with one attached hydrogen (secondary N) is 1. The molecule has 1 heterocycles. The normalized spacial score (nSPS) is 10.7. The van der Waals surface area contributed by atoms with Crippen molar-refractivity contribution in [3.05, 3.63) is 82.1 Å². The first-order valence-corrected chi connectivity index (χ1v) is 9.86. The molecule has 0 spiro atoms. The van der Waals surface area contributed by atoms with E-state index in [0.717, 1.165) is 10.4 Å². The molecule has 5 nitrogen and oxygen atoms in total. The highest BCUT2D eigenvalue weighted by Gasteiger charge is 2.07. The van der Waals surface area contributed by atoms with Crippen LogP contribution in [0, 0.1) is 0 Å². The van der Waals surface area contributed by atoms with E-state index in [1.165, 1.54) is 13.0 Å². The second kappa shape index (κ2) is 9.71. The van der Waals surface area contributed by atoms with Crippen molar-refractivity contribution in [1.29, 1.82) is 0 Å². The smallest absolute Gasteiger partial charge is 0.221 e. The number of ketones is 1. The number of benzene rings is 2. The molecular formula is C23H21NO4S. The van der Waals surface area contributed by atoms with E-state index in [4.69, 9.17) is 9.47 Å². The van der Waals surface area contributed by atoms with Crippen LogP contribution in [-0.4, -0.2) is 18.8 Å². The Kier molecular flexibility index (Phi) is 6.81. The van der Waals surface area contributed by atoms with Crippen LogP contribution < -0.4 is 14.8 Å². The Morgan fingerprint density at radius 3 is 2.66 bits per heavy atom. The molecule has 29 heavy (non-hydrogen) atoms. The highest BCUT2D eigenvalue weighted by Crippen LogP contribution is 2.29. The molecule has 1 amide bonds. The fraction of sp³-hybridized carbons (Fsp3) is 0.130. The highest BCUT2D eigenvalue weighted by molar-refractivity contribution is 7.09. The van der Waals surface area contributed by atoms with Crippen LogP contribution in [0.1, 0.15) is 27.7 Å². The van der Waals surface area contributed by atoms with E-state index in [9.17, 15) is 9.59 Å².